The maximum atomic E-state index is 16.0. The Morgan fingerprint density at radius 1 is 1.29 bits per heavy atom. The molecule has 0 aliphatic carbocycles. The number of carbonyl (C=O) groups excluding carboxylic acids is 2. The van der Waals surface area contributed by atoms with Gasteiger partial charge in [-0.15, -0.1) is 11.3 Å². The van der Waals surface area contributed by atoms with Crippen molar-refractivity contribution >= 4 is 34.1 Å². The minimum Gasteiger partial charge on any atom is -0.464 e. The van der Waals surface area contributed by atoms with Gasteiger partial charge in [0.05, 0.1) is 22.8 Å². The summed E-state index contributed by atoms with van der Waals surface area (Å²) in [5.41, 5.74) is 5.31. The molecule has 7 nitrogen and oxygen atoms in total. The molecule has 1 amide bonds. The molecule has 0 spiro atoms. The normalized spacial score (nSPS) is 21.1. The average Bonchev–Trinajstić information content (AvgIpc) is 3.45. The first-order chi connectivity index (χ1) is 16.8. The Balaban J connectivity index is 1.57. The molecule has 0 radical (unpaired) electrons. The van der Waals surface area contributed by atoms with E-state index in [0.29, 0.717) is 42.7 Å². The first-order valence-electron chi connectivity index (χ1n) is 12.2. The number of thiazole rings is 1. The Morgan fingerprint density at radius 3 is 2.91 bits per heavy atom. The highest BCUT2D eigenvalue weighted by Gasteiger charge is 2.31. The summed E-state index contributed by atoms with van der Waals surface area (Å²) in [6.45, 7) is 7.31. The van der Waals surface area contributed by atoms with Gasteiger partial charge < -0.3 is 9.30 Å². The number of rotatable bonds is 1. The van der Waals surface area contributed by atoms with Crippen LogP contribution in [0, 0.1) is 11.2 Å². The molecular weight excluding hydrogens is 467 g/mol. The standard InChI is InChI=1S/C26H31FN4O3S/c1-4-16-12-30-14-26(2,3)15-34-25(33)19-6-5-11-31(29-19)22(32)10-9-21-28-20(13-35-21)18-8-7-17(16)24(30)23(18)27/h7-8,12-13,19,29H,4-6,9-11,14-15H2,1-3H3. The molecule has 2 aromatic heterocycles. The molecule has 4 heterocycles. The summed E-state index contributed by atoms with van der Waals surface area (Å²) in [6.07, 6.45) is 4.88. The van der Waals surface area contributed by atoms with E-state index in [1.165, 1.54) is 16.3 Å². The fourth-order valence-corrected chi connectivity index (χ4v) is 5.74. The van der Waals surface area contributed by atoms with Crippen LogP contribution < -0.4 is 5.43 Å². The molecule has 1 unspecified atom stereocenters. The Bertz CT molecular complexity index is 1280. The van der Waals surface area contributed by atoms with Gasteiger partial charge in [-0.3, -0.25) is 14.6 Å². The molecule has 3 aromatic rings. The van der Waals surface area contributed by atoms with Gasteiger partial charge in [-0.25, -0.2) is 14.8 Å². The van der Waals surface area contributed by atoms with Crippen molar-refractivity contribution in [2.75, 3.05) is 13.2 Å². The van der Waals surface area contributed by atoms with Crippen molar-refractivity contribution in [1.82, 2.24) is 20.0 Å². The van der Waals surface area contributed by atoms with Crippen molar-refractivity contribution in [3.8, 4) is 11.3 Å². The number of esters is 1. The quantitative estimate of drug-likeness (QED) is 0.501. The van der Waals surface area contributed by atoms with Crippen molar-refractivity contribution < 1.29 is 18.7 Å². The van der Waals surface area contributed by atoms with Crippen LogP contribution in [-0.2, 0) is 33.7 Å². The lowest BCUT2D eigenvalue weighted by Crippen LogP contribution is -2.55. The summed E-state index contributed by atoms with van der Waals surface area (Å²) >= 11 is 1.44. The van der Waals surface area contributed by atoms with E-state index in [0.717, 1.165) is 28.8 Å². The molecule has 1 N–H and O–H groups in total. The lowest BCUT2D eigenvalue weighted by molar-refractivity contribution is -0.154. The van der Waals surface area contributed by atoms with Gasteiger partial charge in [-0.2, -0.15) is 0 Å². The SMILES string of the molecule is CCc1cn2c3c(F)c(ccc13)-c1csc(n1)CCC(=O)N1CCCC(N1)C(=O)OCC(C)(C)C2. The number of amides is 1. The molecule has 1 saturated heterocycles. The molecule has 1 aromatic carbocycles. The fraction of sp³-hybridized carbons (Fsp3) is 0.500. The Kier molecular flexibility index (Phi) is 6.40. The number of carbonyl (C=O) groups is 2. The van der Waals surface area contributed by atoms with Gasteiger partial charge in [0.2, 0.25) is 5.91 Å². The number of cyclic esters (lactones) is 1. The largest absolute Gasteiger partial charge is 0.464 e. The van der Waals surface area contributed by atoms with E-state index in [1.54, 1.807) is 6.07 Å². The molecule has 35 heavy (non-hydrogen) atoms. The average molecular weight is 499 g/mol. The number of halogens is 1. The maximum Gasteiger partial charge on any atom is 0.324 e. The second-order valence-electron chi connectivity index (χ2n) is 10.2. The smallest absolute Gasteiger partial charge is 0.324 e. The highest BCUT2D eigenvalue weighted by Crippen LogP contribution is 2.34. The number of hydrazine groups is 1. The zero-order valence-corrected chi connectivity index (χ0v) is 21.2. The van der Waals surface area contributed by atoms with E-state index in [1.807, 2.05) is 36.1 Å². The zero-order valence-electron chi connectivity index (χ0n) is 20.4. The highest BCUT2D eigenvalue weighted by atomic mass is 32.1. The third kappa shape index (κ3) is 4.71. The number of aromatic nitrogens is 2. The van der Waals surface area contributed by atoms with Crippen LogP contribution >= 0.6 is 11.3 Å². The summed E-state index contributed by atoms with van der Waals surface area (Å²) in [7, 11) is 0. The van der Waals surface area contributed by atoms with Crippen LogP contribution in [0.2, 0.25) is 0 Å². The second kappa shape index (κ2) is 9.35. The van der Waals surface area contributed by atoms with E-state index in [2.05, 4.69) is 17.3 Å². The van der Waals surface area contributed by atoms with Crippen LogP contribution in [0.25, 0.3) is 22.2 Å². The van der Waals surface area contributed by atoms with Crippen LogP contribution in [-0.4, -0.2) is 45.6 Å². The van der Waals surface area contributed by atoms with Gasteiger partial charge in [0.25, 0.3) is 0 Å². The molecule has 9 heteroatoms. The van der Waals surface area contributed by atoms with Crippen molar-refractivity contribution in [3.05, 3.63) is 40.1 Å². The van der Waals surface area contributed by atoms with Crippen LogP contribution in [0.3, 0.4) is 0 Å². The first-order valence-corrected chi connectivity index (χ1v) is 13.1. The van der Waals surface area contributed by atoms with Gasteiger partial charge in [0.15, 0.2) is 5.82 Å². The van der Waals surface area contributed by atoms with Crippen LogP contribution in [0.15, 0.2) is 23.7 Å². The van der Waals surface area contributed by atoms with E-state index < -0.39 is 11.5 Å². The number of nitrogens with zero attached hydrogens (tertiary/aromatic N) is 3. The van der Waals surface area contributed by atoms with Crippen LogP contribution in [0.4, 0.5) is 4.39 Å². The zero-order chi connectivity index (χ0) is 24.7. The second-order valence-corrected chi connectivity index (χ2v) is 11.2. The number of benzene rings is 1. The van der Waals surface area contributed by atoms with Crippen molar-refractivity contribution in [1.29, 1.82) is 0 Å². The number of fused-ring (bicyclic) bond motifs is 6. The first kappa shape index (κ1) is 23.9. The fourth-order valence-electron chi connectivity index (χ4n) is 4.94. The third-order valence-corrected chi connectivity index (χ3v) is 7.71. The topological polar surface area (TPSA) is 76.5 Å². The predicted molar refractivity (Wildman–Crippen MR) is 133 cm³/mol. The summed E-state index contributed by atoms with van der Waals surface area (Å²) in [5.74, 6) is -0.742. The summed E-state index contributed by atoms with van der Waals surface area (Å²) in [6, 6.07) is 3.22. The predicted octanol–water partition coefficient (Wildman–Crippen LogP) is 4.48. The number of aryl methyl sites for hydroxylation is 2. The molecule has 1 atom stereocenters. The van der Waals surface area contributed by atoms with Gasteiger partial charge in [0.1, 0.15) is 6.04 Å². The third-order valence-electron chi connectivity index (χ3n) is 6.80. The van der Waals surface area contributed by atoms with Gasteiger partial charge in [0, 0.05) is 53.9 Å². The monoisotopic (exact) mass is 498 g/mol. The Labute approximate surface area is 208 Å². The summed E-state index contributed by atoms with van der Waals surface area (Å²) in [5, 5.41) is 5.07. The minimum absolute atomic E-state index is 0.0850. The Morgan fingerprint density at radius 2 is 2.11 bits per heavy atom. The number of nitrogens with one attached hydrogen (secondary N) is 1. The lowest BCUT2D eigenvalue weighted by atomic mass is 9.94. The van der Waals surface area contributed by atoms with Gasteiger partial charge in [-0.1, -0.05) is 26.8 Å². The molecule has 2 aliphatic heterocycles. The van der Waals surface area contributed by atoms with Crippen molar-refractivity contribution in [3.63, 3.8) is 0 Å². The van der Waals surface area contributed by atoms with E-state index in [4.69, 9.17) is 4.74 Å². The molecular formula is C26H31FN4O3S. The van der Waals surface area contributed by atoms with E-state index in [-0.39, 0.29) is 30.7 Å². The number of hydrogen-bond acceptors (Lipinski definition) is 6. The van der Waals surface area contributed by atoms with Crippen molar-refractivity contribution in [2.24, 2.45) is 5.41 Å². The lowest BCUT2D eigenvalue weighted by Gasteiger charge is -2.33. The van der Waals surface area contributed by atoms with Crippen LogP contribution in [0.1, 0.15) is 50.6 Å². The summed E-state index contributed by atoms with van der Waals surface area (Å²) < 4.78 is 23.6. The number of ether oxygens (including phenoxy) is 1. The highest BCUT2D eigenvalue weighted by molar-refractivity contribution is 7.09. The maximum absolute atomic E-state index is 16.0. The molecule has 1 fully saturated rings. The number of hydrogen-bond donors (Lipinski definition) is 1. The van der Waals surface area contributed by atoms with E-state index in [9.17, 15) is 9.59 Å². The molecule has 186 valence electrons. The minimum atomic E-state index is -0.548. The molecule has 2 aliphatic rings. The molecule has 6 bridgehead atoms. The van der Waals surface area contributed by atoms with Gasteiger partial charge in [-0.05, 0) is 30.9 Å². The molecule has 5 rings (SSSR count). The van der Waals surface area contributed by atoms with E-state index >= 15 is 4.39 Å². The molecule has 0 saturated carbocycles. The van der Waals surface area contributed by atoms with Crippen LogP contribution in [0.5, 0.6) is 0 Å². The van der Waals surface area contributed by atoms with Crippen molar-refractivity contribution in [2.45, 2.75) is 65.5 Å². The Hall–Kier alpha value is -2.78. The van der Waals surface area contributed by atoms with Gasteiger partial charge >= 0.3 is 5.97 Å². The summed E-state index contributed by atoms with van der Waals surface area (Å²) in [4.78, 5) is 30.3.